The lowest BCUT2D eigenvalue weighted by Gasteiger charge is -2.23. The summed E-state index contributed by atoms with van der Waals surface area (Å²) < 4.78 is 0. The van der Waals surface area contributed by atoms with Crippen LogP contribution in [-0.4, -0.2) is 11.4 Å². The second-order valence-corrected chi connectivity index (χ2v) is 2.72. The van der Waals surface area contributed by atoms with Gasteiger partial charge in [-0.25, -0.2) is 0 Å². The van der Waals surface area contributed by atoms with Gasteiger partial charge in [0.15, 0.2) is 0 Å². The van der Waals surface area contributed by atoms with Gasteiger partial charge >= 0.3 is 0 Å². The standard InChI is InChI=1S/C9H15N/c1-3-9-5-7-10(4-2)8-6-9/h4-5,7,9H,2-3,6,8H2,1H3. The van der Waals surface area contributed by atoms with Gasteiger partial charge in [-0.15, -0.1) is 0 Å². The molecule has 1 unspecified atom stereocenters. The van der Waals surface area contributed by atoms with Crippen LogP contribution in [0.3, 0.4) is 0 Å². The topological polar surface area (TPSA) is 3.24 Å². The molecule has 0 saturated heterocycles. The molecule has 1 atom stereocenters. The van der Waals surface area contributed by atoms with Crippen molar-refractivity contribution in [3.8, 4) is 0 Å². The molecule has 0 N–H and O–H groups in total. The van der Waals surface area contributed by atoms with Crippen molar-refractivity contribution >= 4 is 0 Å². The summed E-state index contributed by atoms with van der Waals surface area (Å²) in [6.07, 6.45) is 8.82. The van der Waals surface area contributed by atoms with Crippen molar-refractivity contribution in [3.05, 3.63) is 25.1 Å². The van der Waals surface area contributed by atoms with E-state index in [1.54, 1.807) is 0 Å². The minimum Gasteiger partial charge on any atom is -0.355 e. The molecule has 1 nitrogen and oxygen atoms in total. The third-order valence-corrected chi connectivity index (χ3v) is 2.07. The molecule has 0 aromatic heterocycles. The van der Waals surface area contributed by atoms with Crippen LogP contribution in [0.15, 0.2) is 25.1 Å². The zero-order valence-electron chi connectivity index (χ0n) is 6.59. The fraction of sp³-hybridized carbons (Fsp3) is 0.556. The van der Waals surface area contributed by atoms with Gasteiger partial charge in [0, 0.05) is 6.54 Å². The quantitative estimate of drug-likeness (QED) is 0.564. The number of allylic oxidation sites excluding steroid dienone is 1. The number of hydrogen-bond donors (Lipinski definition) is 0. The Bertz CT molecular complexity index is 138. The predicted octanol–water partition coefficient (Wildman–Crippen LogP) is 2.38. The highest BCUT2D eigenvalue weighted by molar-refractivity contribution is 4.96. The molecular formula is C9H15N. The maximum Gasteiger partial charge on any atom is 0.0224 e. The molecule has 0 bridgehead atoms. The summed E-state index contributed by atoms with van der Waals surface area (Å²) >= 11 is 0. The fourth-order valence-corrected chi connectivity index (χ4v) is 1.21. The van der Waals surface area contributed by atoms with E-state index in [4.69, 9.17) is 0 Å². The highest BCUT2D eigenvalue weighted by atomic mass is 15.1. The third kappa shape index (κ3) is 1.63. The van der Waals surface area contributed by atoms with Crippen LogP contribution in [-0.2, 0) is 0 Å². The van der Waals surface area contributed by atoms with Gasteiger partial charge in [0.1, 0.15) is 0 Å². The lowest BCUT2D eigenvalue weighted by Crippen LogP contribution is -2.18. The number of nitrogens with zero attached hydrogens (tertiary/aromatic N) is 1. The molecule has 1 heterocycles. The molecule has 1 aliphatic rings. The van der Waals surface area contributed by atoms with Crippen LogP contribution < -0.4 is 0 Å². The summed E-state index contributed by atoms with van der Waals surface area (Å²) in [7, 11) is 0. The number of hydrogen-bond acceptors (Lipinski definition) is 1. The Morgan fingerprint density at radius 1 is 1.80 bits per heavy atom. The van der Waals surface area contributed by atoms with E-state index in [1.807, 2.05) is 6.20 Å². The summed E-state index contributed by atoms with van der Waals surface area (Å²) in [5, 5.41) is 0. The van der Waals surface area contributed by atoms with E-state index in [0.29, 0.717) is 0 Å². The maximum atomic E-state index is 3.71. The minimum absolute atomic E-state index is 0.802. The Balaban J connectivity index is 2.43. The Morgan fingerprint density at radius 2 is 2.60 bits per heavy atom. The van der Waals surface area contributed by atoms with E-state index in [0.717, 1.165) is 12.5 Å². The van der Waals surface area contributed by atoms with Gasteiger partial charge in [0.05, 0.1) is 0 Å². The van der Waals surface area contributed by atoms with Crippen molar-refractivity contribution in [3.63, 3.8) is 0 Å². The first-order valence-electron chi connectivity index (χ1n) is 3.93. The van der Waals surface area contributed by atoms with Crippen LogP contribution in [0.1, 0.15) is 19.8 Å². The first-order valence-corrected chi connectivity index (χ1v) is 3.93. The lowest BCUT2D eigenvalue weighted by molar-refractivity contribution is 0.402. The maximum absolute atomic E-state index is 3.71. The predicted molar refractivity (Wildman–Crippen MR) is 44.4 cm³/mol. The summed E-state index contributed by atoms with van der Waals surface area (Å²) in [5.41, 5.74) is 0. The van der Waals surface area contributed by atoms with Gasteiger partial charge in [-0.1, -0.05) is 19.6 Å². The summed E-state index contributed by atoms with van der Waals surface area (Å²) in [6, 6.07) is 0. The van der Waals surface area contributed by atoms with E-state index in [2.05, 4.69) is 30.7 Å². The second-order valence-electron chi connectivity index (χ2n) is 2.72. The van der Waals surface area contributed by atoms with E-state index in [9.17, 15) is 0 Å². The molecule has 0 radical (unpaired) electrons. The van der Waals surface area contributed by atoms with Crippen LogP contribution in [0, 0.1) is 5.92 Å². The molecule has 0 aromatic rings. The molecule has 0 amide bonds. The van der Waals surface area contributed by atoms with Gasteiger partial charge < -0.3 is 4.90 Å². The first kappa shape index (κ1) is 7.39. The second kappa shape index (κ2) is 3.45. The monoisotopic (exact) mass is 137 g/mol. The highest BCUT2D eigenvalue weighted by Gasteiger charge is 2.07. The molecule has 0 saturated carbocycles. The minimum atomic E-state index is 0.802. The van der Waals surface area contributed by atoms with E-state index in [1.165, 1.54) is 12.8 Å². The molecular weight excluding hydrogens is 122 g/mol. The van der Waals surface area contributed by atoms with Gasteiger partial charge in [0.2, 0.25) is 0 Å². The van der Waals surface area contributed by atoms with Crippen molar-refractivity contribution in [2.75, 3.05) is 6.54 Å². The molecule has 10 heavy (non-hydrogen) atoms. The number of rotatable bonds is 2. The van der Waals surface area contributed by atoms with Crippen LogP contribution in [0.5, 0.6) is 0 Å². The van der Waals surface area contributed by atoms with Crippen molar-refractivity contribution in [1.82, 2.24) is 4.90 Å². The summed E-state index contributed by atoms with van der Waals surface area (Å²) in [6.45, 7) is 7.08. The van der Waals surface area contributed by atoms with E-state index >= 15 is 0 Å². The van der Waals surface area contributed by atoms with E-state index in [-0.39, 0.29) is 0 Å². The van der Waals surface area contributed by atoms with Crippen LogP contribution >= 0.6 is 0 Å². The molecule has 0 fully saturated rings. The van der Waals surface area contributed by atoms with Crippen LogP contribution in [0.25, 0.3) is 0 Å². The fourth-order valence-electron chi connectivity index (χ4n) is 1.21. The smallest absolute Gasteiger partial charge is 0.0224 e. The highest BCUT2D eigenvalue weighted by Crippen LogP contribution is 2.16. The molecule has 0 aromatic carbocycles. The molecule has 56 valence electrons. The average Bonchev–Trinajstić information content (AvgIpc) is 2.05. The van der Waals surface area contributed by atoms with Gasteiger partial charge in [0.25, 0.3) is 0 Å². The molecule has 1 heteroatoms. The van der Waals surface area contributed by atoms with Gasteiger partial charge in [-0.05, 0) is 31.2 Å². The van der Waals surface area contributed by atoms with E-state index < -0.39 is 0 Å². The van der Waals surface area contributed by atoms with Crippen LogP contribution in [0.2, 0.25) is 0 Å². The Kier molecular flexibility index (Phi) is 2.55. The molecule has 0 spiro atoms. The lowest BCUT2D eigenvalue weighted by atomic mass is 10.00. The van der Waals surface area contributed by atoms with Crippen LogP contribution in [0.4, 0.5) is 0 Å². The van der Waals surface area contributed by atoms with Crippen molar-refractivity contribution in [2.24, 2.45) is 5.92 Å². The molecule has 1 aliphatic heterocycles. The SMILES string of the molecule is C=CN1C=CC(CC)CC1. The molecule has 0 aliphatic carbocycles. The third-order valence-electron chi connectivity index (χ3n) is 2.07. The Labute approximate surface area is 63.0 Å². The average molecular weight is 137 g/mol. The first-order chi connectivity index (χ1) is 4.86. The van der Waals surface area contributed by atoms with Crippen molar-refractivity contribution in [1.29, 1.82) is 0 Å². The Hall–Kier alpha value is -0.720. The Morgan fingerprint density at radius 3 is 3.00 bits per heavy atom. The zero-order valence-corrected chi connectivity index (χ0v) is 6.59. The van der Waals surface area contributed by atoms with Gasteiger partial charge in [-0.2, -0.15) is 0 Å². The summed E-state index contributed by atoms with van der Waals surface area (Å²) in [4.78, 5) is 2.13. The largest absolute Gasteiger partial charge is 0.355 e. The van der Waals surface area contributed by atoms with Gasteiger partial charge in [-0.3, -0.25) is 0 Å². The van der Waals surface area contributed by atoms with Crippen molar-refractivity contribution < 1.29 is 0 Å². The summed E-state index contributed by atoms with van der Waals surface area (Å²) in [5.74, 6) is 0.802. The van der Waals surface area contributed by atoms with Crippen molar-refractivity contribution in [2.45, 2.75) is 19.8 Å². The molecule has 1 rings (SSSR count). The zero-order chi connectivity index (χ0) is 7.40. The normalized spacial score (nSPS) is 24.9.